The van der Waals surface area contributed by atoms with Gasteiger partial charge in [0.1, 0.15) is 13.0 Å². The second-order valence-corrected chi connectivity index (χ2v) is 5.38. The van der Waals surface area contributed by atoms with Crippen molar-refractivity contribution in [3.05, 3.63) is 35.9 Å². The molecule has 1 atom stereocenters. The van der Waals surface area contributed by atoms with Gasteiger partial charge in [0.25, 0.3) is 0 Å². The largest absolute Gasteiger partial charge is 0.466 e. The van der Waals surface area contributed by atoms with Crippen molar-refractivity contribution < 1.29 is 23.9 Å². The van der Waals surface area contributed by atoms with Crippen molar-refractivity contribution in [3.8, 4) is 0 Å². The maximum absolute atomic E-state index is 12.1. The number of carbonyl (C=O) groups excluding carboxylic acids is 3. The van der Waals surface area contributed by atoms with Gasteiger partial charge in [-0.15, -0.1) is 0 Å². The predicted molar refractivity (Wildman–Crippen MR) is 84.6 cm³/mol. The zero-order valence-corrected chi connectivity index (χ0v) is 13.7. The third-order valence-corrected chi connectivity index (χ3v) is 3.12. The molecule has 0 aliphatic rings. The SMILES string of the molecule is CCOC(=O)CC(=O)[C@@H](NC(=O)OCc1ccccc1)C(C)C. The Morgan fingerprint density at radius 1 is 1.09 bits per heavy atom. The summed E-state index contributed by atoms with van der Waals surface area (Å²) in [7, 11) is 0. The first-order valence-corrected chi connectivity index (χ1v) is 7.59. The third-order valence-electron chi connectivity index (χ3n) is 3.12. The molecule has 0 aliphatic carbocycles. The van der Waals surface area contributed by atoms with Crippen LogP contribution < -0.4 is 5.32 Å². The Bertz CT molecular complexity index is 527. The van der Waals surface area contributed by atoms with E-state index < -0.39 is 23.9 Å². The number of nitrogens with one attached hydrogen (secondary N) is 1. The van der Waals surface area contributed by atoms with Gasteiger partial charge in [-0.05, 0) is 18.4 Å². The van der Waals surface area contributed by atoms with Gasteiger partial charge in [-0.25, -0.2) is 4.79 Å². The van der Waals surface area contributed by atoms with Gasteiger partial charge in [-0.2, -0.15) is 0 Å². The molecule has 1 rings (SSSR count). The van der Waals surface area contributed by atoms with Gasteiger partial charge in [0.15, 0.2) is 5.78 Å². The van der Waals surface area contributed by atoms with E-state index in [1.54, 1.807) is 20.8 Å². The summed E-state index contributed by atoms with van der Waals surface area (Å²) in [4.78, 5) is 35.3. The van der Waals surface area contributed by atoms with E-state index in [0.717, 1.165) is 5.56 Å². The molecule has 0 bridgehead atoms. The lowest BCUT2D eigenvalue weighted by Gasteiger charge is -2.20. The van der Waals surface area contributed by atoms with Crippen molar-refractivity contribution in [1.82, 2.24) is 5.32 Å². The first-order chi connectivity index (χ1) is 10.9. The molecule has 0 aliphatic heterocycles. The van der Waals surface area contributed by atoms with Gasteiger partial charge in [0.2, 0.25) is 0 Å². The van der Waals surface area contributed by atoms with E-state index in [1.807, 2.05) is 30.3 Å². The number of benzene rings is 1. The molecule has 0 fully saturated rings. The molecule has 1 aromatic carbocycles. The summed E-state index contributed by atoms with van der Waals surface area (Å²) in [6, 6.07) is 8.43. The van der Waals surface area contributed by atoms with Gasteiger partial charge in [-0.1, -0.05) is 44.2 Å². The summed E-state index contributed by atoms with van der Waals surface area (Å²) in [6.45, 7) is 5.56. The summed E-state index contributed by atoms with van der Waals surface area (Å²) in [6.07, 6.45) is -1.06. The molecule has 0 unspecified atom stereocenters. The number of rotatable bonds is 8. The van der Waals surface area contributed by atoms with Crippen LogP contribution in [0.15, 0.2) is 30.3 Å². The van der Waals surface area contributed by atoms with Crippen molar-refractivity contribution in [2.75, 3.05) is 6.61 Å². The van der Waals surface area contributed by atoms with Gasteiger partial charge < -0.3 is 14.8 Å². The van der Waals surface area contributed by atoms with Crippen LogP contribution in [0.2, 0.25) is 0 Å². The number of ether oxygens (including phenoxy) is 2. The van der Waals surface area contributed by atoms with Crippen LogP contribution in [0, 0.1) is 5.92 Å². The highest BCUT2D eigenvalue weighted by atomic mass is 16.5. The predicted octanol–water partition coefficient (Wildman–Crippen LogP) is 2.46. The molecular formula is C17H23NO5. The molecule has 6 nitrogen and oxygen atoms in total. The molecule has 0 aromatic heterocycles. The van der Waals surface area contributed by atoms with E-state index in [0.29, 0.717) is 0 Å². The highest BCUT2D eigenvalue weighted by Gasteiger charge is 2.26. The second kappa shape index (κ2) is 9.61. The first-order valence-electron chi connectivity index (χ1n) is 7.59. The highest BCUT2D eigenvalue weighted by Crippen LogP contribution is 2.08. The van der Waals surface area contributed by atoms with E-state index in [2.05, 4.69) is 5.32 Å². The molecular weight excluding hydrogens is 298 g/mol. The van der Waals surface area contributed by atoms with Crippen LogP contribution >= 0.6 is 0 Å². The van der Waals surface area contributed by atoms with Gasteiger partial charge in [0, 0.05) is 0 Å². The van der Waals surface area contributed by atoms with Crippen LogP contribution in [0.1, 0.15) is 32.8 Å². The van der Waals surface area contributed by atoms with E-state index >= 15 is 0 Å². The number of esters is 1. The van der Waals surface area contributed by atoms with Crippen molar-refractivity contribution >= 4 is 17.8 Å². The maximum Gasteiger partial charge on any atom is 0.408 e. The van der Waals surface area contributed by atoms with Crippen LogP contribution in [0.5, 0.6) is 0 Å². The van der Waals surface area contributed by atoms with E-state index in [1.165, 1.54) is 0 Å². The Labute approximate surface area is 136 Å². The molecule has 0 saturated carbocycles. The van der Waals surface area contributed by atoms with E-state index in [-0.39, 0.29) is 25.6 Å². The monoisotopic (exact) mass is 321 g/mol. The number of Topliss-reactive ketones (excluding diaryl/α,β-unsaturated/α-hetero) is 1. The smallest absolute Gasteiger partial charge is 0.408 e. The standard InChI is InChI=1S/C17H23NO5/c1-4-22-15(20)10-14(19)16(12(2)3)18-17(21)23-11-13-8-6-5-7-9-13/h5-9,12,16H,4,10-11H2,1-3H3,(H,18,21)/t16-/m0/s1. The molecule has 126 valence electrons. The number of carbonyl (C=O) groups is 3. The van der Waals surface area contributed by atoms with Gasteiger partial charge >= 0.3 is 12.1 Å². The summed E-state index contributed by atoms with van der Waals surface area (Å²) in [5.74, 6) is -1.15. The summed E-state index contributed by atoms with van der Waals surface area (Å²) in [5.41, 5.74) is 0.849. The molecule has 23 heavy (non-hydrogen) atoms. The van der Waals surface area contributed by atoms with Crippen LogP contribution in [-0.4, -0.2) is 30.5 Å². The van der Waals surface area contributed by atoms with Crippen molar-refractivity contribution in [1.29, 1.82) is 0 Å². The minimum atomic E-state index is -0.789. The lowest BCUT2D eigenvalue weighted by Crippen LogP contribution is -2.45. The molecule has 1 N–H and O–H groups in total. The second-order valence-electron chi connectivity index (χ2n) is 5.38. The molecule has 0 saturated heterocycles. The topological polar surface area (TPSA) is 81.7 Å². The van der Waals surface area contributed by atoms with Gasteiger partial charge in [0.05, 0.1) is 12.6 Å². The Balaban J connectivity index is 2.52. The van der Waals surface area contributed by atoms with Crippen LogP contribution in [-0.2, 0) is 25.7 Å². The van der Waals surface area contributed by atoms with E-state index in [4.69, 9.17) is 9.47 Å². The number of amides is 1. The number of hydrogen-bond donors (Lipinski definition) is 1. The maximum atomic E-state index is 12.1. The van der Waals surface area contributed by atoms with Crippen molar-refractivity contribution in [3.63, 3.8) is 0 Å². The average molecular weight is 321 g/mol. The van der Waals surface area contributed by atoms with Gasteiger partial charge in [-0.3, -0.25) is 9.59 Å². The minimum Gasteiger partial charge on any atom is -0.466 e. The summed E-state index contributed by atoms with van der Waals surface area (Å²) in [5, 5.41) is 2.52. The first kappa shape index (κ1) is 18.7. The Morgan fingerprint density at radius 3 is 2.30 bits per heavy atom. The lowest BCUT2D eigenvalue weighted by molar-refractivity contribution is -0.146. The van der Waals surface area contributed by atoms with E-state index in [9.17, 15) is 14.4 Å². The van der Waals surface area contributed by atoms with Crippen molar-refractivity contribution in [2.45, 2.75) is 39.8 Å². The third kappa shape index (κ3) is 6.95. The zero-order valence-electron chi connectivity index (χ0n) is 13.7. The summed E-state index contributed by atoms with van der Waals surface area (Å²) < 4.78 is 9.84. The molecule has 6 heteroatoms. The highest BCUT2D eigenvalue weighted by molar-refractivity contribution is 5.99. The van der Waals surface area contributed by atoms with Crippen LogP contribution in [0.3, 0.4) is 0 Å². The lowest BCUT2D eigenvalue weighted by atomic mass is 9.98. The molecule has 0 radical (unpaired) electrons. The zero-order chi connectivity index (χ0) is 17.2. The molecule has 0 heterocycles. The minimum absolute atomic E-state index is 0.115. The quantitative estimate of drug-likeness (QED) is 0.587. The van der Waals surface area contributed by atoms with Crippen LogP contribution in [0.25, 0.3) is 0 Å². The normalized spacial score (nSPS) is 11.7. The van der Waals surface area contributed by atoms with Crippen molar-refractivity contribution in [2.24, 2.45) is 5.92 Å². The summed E-state index contributed by atoms with van der Waals surface area (Å²) >= 11 is 0. The number of ketones is 1. The van der Waals surface area contributed by atoms with Crippen LogP contribution in [0.4, 0.5) is 4.79 Å². The Kier molecular flexibility index (Phi) is 7.80. The number of alkyl carbamates (subject to hydrolysis) is 1. The fourth-order valence-electron chi connectivity index (χ4n) is 1.97. The molecule has 0 spiro atoms. The Morgan fingerprint density at radius 2 is 1.74 bits per heavy atom. The molecule has 1 amide bonds. The fourth-order valence-corrected chi connectivity index (χ4v) is 1.97. The number of hydrogen-bond acceptors (Lipinski definition) is 5. The molecule has 1 aromatic rings. The average Bonchev–Trinajstić information content (AvgIpc) is 2.51. The Hall–Kier alpha value is -2.37. The fraction of sp³-hybridized carbons (Fsp3) is 0.471.